The summed E-state index contributed by atoms with van der Waals surface area (Å²) in [5.74, 6) is -0.0630. The van der Waals surface area contributed by atoms with Crippen LogP contribution in [0.1, 0.15) is 35.7 Å². The van der Waals surface area contributed by atoms with Crippen LogP contribution in [0.5, 0.6) is 0 Å². The Labute approximate surface area is 184 Å². The number of fused-ring (bicyclic) bond motifs is 3. The van der Waals surface area contributed by atoms with Crippen LogP contribution in [0.4, 0.5) is 5.82 Å². The van der Waals surface area contributed by atoms with Crippen LogP contribution < -0.4 is 11.1 Å². The van der Waals surface area contributed by atoms with E-state index in [1.807, 2.05) is 54.7 Å². The van der Waals surface area contributed by atoms with Gasteiger partial charge in [0.25, 0.3) is 5.91 Å². The molecule has 2 aromatic carbocycles. The van der Waals surface area contributed by atoms with Gasteiger partial charge in [0.1, 0.15) is 16.9 Å². The summed E-state index contributed by atoms with van der Waals surface area (Å²) in [5.41, 5.74) is 10.9. The van der Waals surface area contributed by atoms with E-state index in [4.69, 9.17) is 15.7 Å². The largest absolute Gasteiger partial charge is 0.383 e. The number of para-hydroxylation sites is 3. The Morgan fingerprint density at radius 1 is 1.16 bits per heavy atom. The Hall–Kier alpha value is -4.20. The number of hydrogen-bond acceptors (Lipinski definition) is 5. The summed E-state index contributed by atoms with van der Waals surface area (Å²) in [6, 6.07) is 15.5. The number of carbonyl (C=O) groups excluding carboxylic acids is 1. The molecule has 5 rings (SSSR count). The van der Waals surface area contributed by atoms with Crippen molar-refractivity contribution in [2.75, 3.05) is 12.3 Å². The molecule has 0 spiro atoms. The van der Waals surface area contributed by atoms with Crippen LogP contribution in [-0.4, -0.2) is 38.3 Å². The molecule has 8 nitrogen and oxygen atoms in total. The minimum absolute atomic E-state index is 0.209. The lowest BCUT2D eigenvalue weighted by Gasteiger charge is -2.04. The van der Waals surface area contributed by atoms with Gasteiger partial charge in [0.15, 0.2) is 5.65 Å². The van der Waals surface area contributed by atoms with E-state index in [1.165, 1.54) is 4.68 Å². The van der Waals surface area contributed by atoms with Gasteiger partial charge >= 0.3 is 0 Å². The SMILES string of the molecule is CCCCNC(=O)c1c(N)n(/N=C\c2c[nH]c3ccccc23)c2nc3ccccc3nc12. The highest BCUT2D eigenvalue weighted by atomic mass is 16.1. The molecule has 0 bridgehead atoms. The van der Waals surface area contributed by atoms with Gasteiger partial charge in [0.05, 0.1) is 17.2 Å². The molecule has 4 N–H and O–H groups in total. The molecule has 5 aromatic rings. The van der Waals surface area contributed by atoms with Gasteiger partial charge in [0.2, 0.25) is 0 Å². The first-order valence-electron chi connectivity index (χ1n) is 10.6. The molecule has 0 aliphatic carbocycles. The summed E-state index contributed by atoms with van der Waals surface area (Å²) in [6.45, 7) is 2.64. The number of nitrogens with two attached hydrogens (primary N) is 1. The van der Waals surface area contributed by atoms with Crippen molar-refractivity contribution < 1.29 is 4.79 Å². The van der Waals surface area contributed by atoms with Gasteiger partial charge < -0.3 is 16.0 Å². The minimum Gasteiger partial charge on any atom is -0.383 e. The van der Waals surface area contributed by atoms with Gasteiger partial charge in [-0.1, -0.05) is 43.7 Å². The Bertz CT molecular complexity index is 1480. The number of nitrogens with one attached hydrogen (secondary N) is 2. The lowest BCUT2D eigenvalue weighted by Crippen LogP contribution is -2.25. The van der Waals surface area contributed by atoms with E-state index in [2.05, 4.69) is 22.3 Å². The fourth-order valence-electron chi connectivity index (χ4n) is 3.78. The third-order valence-corrected chi connectivity index (χ3v) is 5.45. The lowest BCUT2D eigenvalue weighted by molar-refractivity contribution is 0.0955. The van der Waals surface area contributed by atoms with Crippen molar-refractivity contribution in [3.63, 3.8) is 0 Å². The second-order valence-electron chi connectivity index (χ2n) is 7.60. The van der Waals surface area contributed by atoms with Gasteiger partial charge in [-0.05, 0) is 24.6 Å². The highest BCUT2D eigenvalue weighted by Crippen LogP contribution is 2.28. The molecule has 0 unspecified atom stereocenters. The van der Waals surface area contributed by atoms with Crippen molar-refractivity contribution in [3.05, 3.63) is 65.9 Å². The summed E-state index contributed by atoms with van der Waals surface area (Å²) >= 11 is 0. The Balaban J connectivity index is 1.66. The molecule has 0 radical (unpaired) electrons. The second-order valence-corrected chi connectivity index (χ2v) is 7.60. The summed E-state index contributed by atoms with van der Waals surface area (Å²) in [5, 5.41) is 8.57. The molecule has 3 aromatic heterocycles. The summed E-state index contributed by atoms with van der Waals surface area (Å²) < 4.78 is 1.49. The maximum absolute atomic E-state index is 13.0. The zero-order valence-electron chi connectivity index (χ0n) is 17.7. The predicted octanol–water partition coefficient (Wildman–Crippen LogP) is 4.06. The number of anilines is 1. The van der Waals surface area contributed by atoms with E-state index < -0.39 is 0 Å². The third-order valence-electron chi connectivity index (χ3n) is 5.45. The zero-order valence-corrected chi connectivity index (χ0v) is 17.7. The number of benzene rings is 2. The highest BCUT2D eigenvalue weighted by molar-refractivity contribution is 6.11. The number of aromatic amines is 1. The van der Waals surface area contributed by atoms with Crippen LogP contribution in [0.3, 0.4) is 0 Å². The molecule has 0 saturated heterocycles. The molecular weight excluding hydrogens is 402 g/mol. The normalized spacial score (nSPS) is 11.8. The Kier molecular flexibility index (Phi) is 5.03. The van der Waals surface area contributed by atoms with Crippen molar-refractivity contribution in [3.8, 4) is 0 Å². The van der Waals surface area contributed by atoms with Crippen molar-refractivity contribution in [2.45, 2.75) is 19.8 Å². The molecule has 1 amide bonds. The fraction of sp³-hybridized carbons (Fsp3) is 0.167. The first-order valence-corrected chi connectivity index (χ1v) is 10.6. The minimum atomic E-state index is -0.272. The Morgan fingerprint density at radius 3 is 2.72 bits per heavy atom. The first-order chi connectivity index (χ1) is 15.7. The monoisotopic (exact) mass is 425 g/mol. The number of amides is 1. The maximum Gasteiger partial charge on any atom is 0.257 e. The molecule has 0 aliphatic rings. The maximum atomic E-state index is 13.0. The van der Waals surface area contributed by atoms with Crippen molar-refractivity contribution in [1.29, 1.82) is 0 Å². The molecule has 0 fully saturated rings. The van der Waals surface area contributed by atoms with Gasteiger partial charge in [0, 0.05) is 29.2 Å². The van der Waals surface area contributed by atoms with Gasteiger partial charge in [-0.2, -0.15) is 9.78 Å². The number of hydrogen-bond donors (Lipinski definition) is 3. The van der Waals surface area contributed by atoms with Crippen LogP contribution in [0, 0.1) is 0 Å². The first kappa shape index (κ1) is 19.7. The van der Waals surface area contributed by atoms with Crippen molar-refractivity contribution in [1.82, 2.24) is 24.9 Å². The van der Waals surface area contributed by atoms with Gasteiger partial charge in [-0.3, -0.25) is 4.79 Å². The standard InChI is InChI=1S/C24H23N7O/c1-2-3-12-26-24(32)20-21-23(30-19-11-7-6-10-18(19)29-21)31(22(20)25)28-14-15-13-27-17-9-5-4-8-16(15)17/h4-11,13-14,27H,2-3,12,25H2,1H3,(H,26,32)/b28-14-. The Morgan fingerprint density at radius 2 is 1.91 bits per heavy atom. The van der Waals surface area contributed by atoms with Crippen LogP contribution in [0.15, 0.2) is 59.8 Å². The molecule has 32 heavy (non-hydrogen) atoms. The number of aromatic nitrogens is 4. The average Bonchev–Trinajstić information content (AvgIpc) is 3.34. The van der Waals surface area contributed by atoms with E-state index >= 15 is 0 Å². The summed E-state index contributed by atoms with van der Waals surface area (Å²) in [7, 11) is 0. The molecule has 160 valence electrons. The van der Waals surface area contributed by atoms with Gasteiger partial charge in [-0.15, -0.1) is 0 Å². The van der Waals surface area contributed by atoms with Crippen molar-refractivity contribution in [2.24, 2.45) is 5.10 Å². The number of rotatable bonds is 6. The average molecular weight is 425 g/mol. The summed E-state index contributed by atoms with van der Waals surface area (Å²) in [6.07, 6.45) is 5.47. The number of H-pyrrole nitrogens is 1. The summed E-state index contributed by atoms with van der Waals surface area (Å²) in [4.78, 5) is 25.6. The smallest absolute Gasteiger partial charge is 0.257 e. The number of unbranched alkanes of at least 4 members (excludes halogenated alkanes) is 1. The fourth-order valence-corrected chi connectivity index (χ4v) is 3.78. The van der Waals surface area contributed by atoms with Gasteiger partial charge in [-0.25, -0.2) is 9.97 Å². The predicted molar refractivity (Wildman–Crippen MR) is 128 cm³/mol. The highest BCUT2D eigenvalue weighted by Gasteiger charge is 2.23. The molecule has 0 aliphatic heterocycles. The number of nitrogens with zero attached hydrogens (tertiary/aromatic N) is 4. The number of carbonyl (C=O) groups is 1. The van der Waals surface area contributed by atoms with Crippen LogP contribution in [0.2, 0.25) is 0 Å². The van der Waals surface area contributed by atoms with E-state index in [1.54, 1.807) is 6.21 Å². The van der Waals surface area contributed by atoms with Crippen LogP contribution >= 0.6 is 0 Å². The molecule has 8 heteroatoms. The molecular formula is C24H23N7O. The van der Waals surface area contributed by atoms with E-state index in [9.17, 15) is 4.79 Å². The zero-order chi connectivity index (χ0) is 22.1. The third kappa shape index (κ3) is 3.35. The van der Waals surface area contributed by atoms with Crippen molar-refractivity contribution >= 4 is 51.0 Å². The molecule has 3 heterocycles. The lowest BCUT2D eigenvalue weighted by atomic mass is 10.2. The molecule has 0 atom stereocenters. The number of nitrogen functional groups attached to an aromatic ring is 1. The van der Waals surface area contributed by atoms with E-state index in [0.717, 1.165) is 29.3 Å². The van der Waals surface area contributed by atoms with E-state index in [0.29, 0.717) is 34.3 Å². The van der Waals surface area contributed by atoms with Crippen LogP contribution in [0.25, 0.3) is 33.1 Å². The van der Waals surface area contributed by atoms with E-state index in [-0.39, 0.29) is 11.7 Å². The van der Waals surface area contributed by atoms with Crippen LogP contribution in [-0.2, 0) is 0 Å². The second kappa shape index (κ2) is 8.14. The topological polar surface area (TPSA) is 114 Å². The molecule has 0 saturated carbocycles. The quantitative estimate of drug-likeness (QED) is 0.281.